The molecule has 2 aliphatic rings. The molecule has 0 saturated carbocycles. The zero-order valence-electron chi connectivity index (χ0n) is 19.6. The molecule has 0 nitrogen and oxygen atoms in total. The highest BCUT2D eigenvalue weighted by Gasteiger charge is 2.27. The molecule has 0 N–H and O–H groups in total. The Bertz CT molecular complexity index is 1400. The molecule has 158 valence electrons. The first-order valence-electron chi connectivity index (χ1n) is 11.9. The Kier molecular flexibility index (Phi) is 4.40. The fourth-order valence-corrected chi connectivity index (χ4v) is 6.31. The summed E-state index contributed by atoms with van der Waals surface area (Å²) in [6, 6.07) is 22.7. The van der Waals surface area contributed by atoms with E-state index in [0.717, 1.165) is 25.7 Å². The summed E-state index contributed by atoms with van der Waals surface area (Å²) in [6.07, 6.45) is 4.40. The maximum absolute atomic E-state index is 2.36. The van der Waals surface area contributed by atoms with Gasteiger partial charge in [0.2, 0.25) is 0 Å². The van der Waals surface area contributed by atoms with Gasteiger partial charge in [-0.3, -0.25) is 0 Å². The van der Waals surface area contributed by atoms with Gasteiger partial charge >= 0.3 is 0 Å². The van der Waals surface area contributed by atoms with Gasteiger partial charge < -0.3 is 0 Å². The smallest absolute Gasteiger partial charge is 0.00104 e. The van der Waals surface area contributed by atoms with Crippen molar-refractivity contribution in [1.29, 1.82) is 0 Å². The summed E-state index contributed by atoms with van der Waals surface area (Å²) in [7, 11) is 0. The van der Waals surface area contributed by atoms with Crippen molar-refractivity contribution in [3.8, 4) is 22.3 Å². The van der Waals surface area contributed by atoms with Crippen LogP contribution in [0, 0.1) is 27.7 Å². The first kappa shape index (κ1) is 19.6. The summed E-state index contributed by atoms with van der Waals surface area (Å²) < 4.78 is 0. The molecule has 0 bridgehead atoms. The van der Waals surface area contributed by atoms with Gasteiger partial charge in [0.15, 0.2) is 0 Å². The summed E-state index contributed by atoms with van der Waals surface area (Å²) in [5.74, 6) is 0. The van der Waals surface area contributed by atoms with Crippen LogP contribution in [-0.4, -0.2) is 0 Å². The molecule has 0 heteroatoms. The molecule has 0 spiro atoms. The maximum atomic E-state index is 2.36. The van der Waals surface area contributed by atoms with Crippen molar-refractivity contribution in [3.05, 3.63) is 116 Å². The maximum Gasteiger partial charge on any atom is -0.00104 e. The number of hydrogen-bond donors (Lipinski definition) is 0. The summed E-state index contributed by atoms with van der Waals surface area (Å²) in [6.45, 7) is 9.27. The van der Waals surface area contributed by atoms with E-state index in [1.807, 2.05) is 0 Å². The van der Waals surface area contributed by atoms with Crippen LogP contribution in [0.25, 0.3) is 22.3 Å². The summed E-state index contributed by atoms with van der Waals surface area (Å²) in [5, 5.41) is 0. The van der Waals surface area contributed by atoms with Crippen molar-refractivity contribution >= 4 is 0 Å². The summed E-state index contributed by atoms with van der Waals surface area (Å²) >= 11 is 0. The van der Waals surface area contributed by atoms with Gasteiger partial charge in [-0.15, -0.1) is 0 Å². The molecular formula is C32H30. The Hall–Kier alpha value is -3.12. The minimum atomic E-state index is 1.08. The van der Waals surface area contributed by atoms with Crippen LogP contribution in [0.2, 0.25) is 0 Å². The quantitative estimate of drug-likeness (QED) is 0.277. The molecule has 0 radical (unpaired) electrons. The second-order valence-corrected chi connectivity index (χ2v) is 9.77. The van der Waals surface area contributed by atoms with Crippen molar-refractivity contribution in [2.75, 3.05) is 0 Å². The Morgan fingerprint density at radius 1 is 0.562 bits per heavy atom. The SMILES string of the molecule is Cc1cccc2c1-c1c(C)c(C)c(C)c(CCc3cccc4c3Cc3ccccc3-4)c1C2. The third-order valence-electron chi connectivity index (χ3n) is 8.19. The fraction of sp³-hybridized carbons (Fsp3) is 0.250. The third kappa shape index (κ3) is 2.75. The lowest BCUT2D eigenvalue weighted by Crippen LogP contribution is -2.05. The van der Waals surface area contributed by atoms with Crippen molar-refractivity contribution in [2.24, 2.45) is 0 Å². The zero-order valence-corrected chi connectivity index (χ0v) is 19.6. The van der Waals surface area contributed by atoms with Gasteiger partial charge in [-0.1, -0.05) is 60.7 Å². The molecule has 32 heavy (non-hydrogen) atoms. The predicted molar refractivity (Wildman–Crippen MR) is 136 cm³/mol. The highest BCUT2D eigenvalue weighted by molar-refractivity contribution is 5.84. The second-order valence-electron chi connectivity index (χ2n) is 9.77. The number of aryl methyl sites for hydroxylation is 2. The standard InChI is InChI=1S/C32H30/c1-19-9-7-12-25-18-30-26(21(3)20(2)22(4)32(30)31(19)25)16-15-23-11-8-14-28-27-13-6-5-10-24(27)17-29(23)28/h5-14H,15-18H2,1-4H3. The molecule has 6 rings (SSSR count). The predicted octanol–water partition coefficient (Wildman–Crippen LogP) is 7.85. The third-order valence-corrected chi connectivity index (χ3v) is 8.19. The van der Waals surface area contributed by atoms with E-state index in [0.29, 0.717) is 0 Å². The molecule has 2 aliphatic carbocycles. The lowest BCUT2D eigenvalue weighted by Gasteiger charge is -2.20. The van der Waals surface area contributed by atoms with Gasteiger partial charge in [0.1, 0.15) is 0 Å². The summed E-state index contributed by atoms with van der Waals surface area (Å²) in [4.78, 5) is 0. The van der Waals surface area contributed by atoms with Crippen molar-refractivity contribution in [3.63, 3.8) is 0 Å². The van der Waals surface area contributed by atoms with Gasteiger partial charge in [-0.2, -0.15) is 0 Å². The molecule has 0 saturated heterocycles. The van der Waals surface area contributed by atoms with Crippen LogP contribution in [0.15, 0.2) is 60.7 Å². The molecule has 0 atom stereocenters. The average Bonchev–Trinajstić information content (AvgIpc) is 3.38. The lowest BCUT2D eigenvalue weighted by atomic mass is 9.85. The molecule has 0 unspecified atom stereocenters. The monoisotopic (exact) mass is 414 g/mol. The Morgan fingerprint density at radius 3 is 2.16 bits per heavy atom. The molecule has 4 aromatic carbocycles. The van der Waals surface area contributed by atoms with E-state index < -0.39 is 0 Å². The number of benzene rings is 4. The molecule has 0 aromatic heterocycles. The second kappa shape index (κ2) is 7.20. The van der Waals surface area contributed by atoms with Crippen molar-refractivity contribution in [1.82, 2.24) is 0 Å². The Balaban J connectivity index is 1.41. The van der Waals surface area contributed by atoms with Crippen LogP contribution in [0.3, 0.4) is 0 Å². The zero-order chi connectivity index (χ0) is 22.0. The minimum Gasteiger partial charge on any atom is -0.0619 e. The molecule has 0 aliphatic heterocycles. The Morgan fingerprint density at radius 2 is 1.28 bits per heavy atom. The number of rotatable bonds is 3. The molecule has 0 fully saturated rings. The van der Waals surface area contributed by atoms with E-state index in [2.05, 4.69) is 88.4 Å². The average molecular weight is 415 g/mol. The van der Waals surface area contributed by atoms with Crippen LogP contribution in [0.4, 0.5) is 0 Å². The topological polar surface area (TPSA) is 0 Å². The van der Waals surface area contributed by atoms with Crippen LogP contribution in [-0.2, 0) is 25.7 Å². The van der Waals surface area contributed by atoms with Crippen molar-refractivity contribution in [2.45, 2.75) is 53.4 Å². The van der Waals surface area contributed by atoms with Crippen LogP contribution in [0.1, 0.15) is 55.6 Å². The normalized spacial score (nSPS) is 13.0. The first-order chi connectivity index (χ1) is 15.5. The van der Waals surface area contributed by atoms with Gasteiger partial charge in [-0.05, 0) is 131 Å². The van der Waals surface area contributed by atoms with Crippen LogP contribution < -0.4 is 0 Å². The molecule has 4 aromatic rings. The van der Waals surface area contributed by atoms with E-state index in [9.17, 15) is 0 Å². The van der Waals surface area contributed by atoms with Gasteiger partial charge in [0, 0.05) is 0 Å². The number of hydrogen-bond acceptors (Lipinski definition) is 0. The summed E-state index contributed by atoms with van der Waals surface area (Å²) in [5.41, 5.74) is 21.0. The molecule has 0 amide bonds. The van der Waals surface area contributed by atoms with E-state index >= 15 is 0 Å². The fourth-order valence-electron chi connectivity index (χ4n) is 6.31. The van der Waals surface area contributed by atoms with Crippen LogP contribution >= 0.6 is 0 Å². The highest BCUT2D eigenvalue weighted by Crippen LogP contribution is 2.45. The van der Waals surface area contributed by atoms with E-state index in [1.54, 1.807) is 16.7 Å². The molecule has 0 heterocycles. The minimum absolute atomic E-state index is 1.08. The van der Waals surface area contributed by atoms with E-state index in [1.165, 1.54) is 61.2 Å². The largest absolute Gasteiger partial charge is 0.0619 e. The van der Waals surface area contributed by atoms with Gasteiger partial charge in [0.05, 0.1) is 0 Å². The van der Waals surface area contributed by atoms with Crippen molar-refractivity contribution < 1.29 is 0 Å². The molecular weight excluding hydrogens is 384 g/mol. The Labute approximate surface area is 192 Å². The van der Waals surface area contributed by atoms with E-state index in [-0.39, 0.29) is 0 Å². The lowest BCUT2D eigenvalue weighted by molar-refractivity contribution is 0.914. The van der Waals surface area contributed by atoms with E-state index in [4.69, 9.17) is 0 Å². The number of fused-ring (bicyclic) bond motifs is 6. The first-order valence-corrected chi connectivity index (χ1v) is 11.9. The highest BCUT2D eigenvalue weighted by atomic mass is 14.3. The van der Waals surface area contributed by atoms with Crippen LogP contribution in [0.5, 0.6) is 0 Å². The van der Waals surface area contributed by atoms with Gasteiger partial charge in [-0.25, -0.2) is 0 Å². The van der Waals surface area contributed by atoms with Gasteiger partial charge in [0.25, 0.3) is 0 Å².